The van der Waals surface area contributed by atoms with Gasteiger partial charge < -0.3 is 9.84 Å². The number of hydrogen-bond acceptors (Lipinski definition) is 6. The van der Waals surface area contributed by atoms with E-state index in [-0.39, 0.29) is 22.6 Å². The zero-order chi connectivity index (χ0) is 38.1. The zero-order valence-corrected chi connectivity index (χ0v) is 29.7. The summed E-state index contributed by atoms with van der Waals surface area (Å²) in [6.07, 6.45) is -7.05. The Morgan fingerprint density at radius 2 is 1.59 bits per heavy atom. The first-order valence-electron chi connectivity index (χ1n) is 15.6. The van der Waals surface area contributed by atoms with E-state index in [1.165, 1.54) is 12.1 Å². The van der Waals surface area contributed by atoms with E-state index in [1.807, 2.05) is 11.6 Å². The first-order valence-corrected chi connectivity index (χ1v) is 17.9. The van der Waals surface area contributed by atoms with Gasteiger partial charge in [0.1, 0.15) is 16.6 Å². The van der Waals surface area contributed by atoms with Crippen molar-refractivity contribution in [2.75, 3.05) is 11.8 Å². The third-order valence-electron chi connectivity index (χ3n) is 8.18. The Morgan fingerprint density at radius 3 is 2.16 bits per heavy atom. The minimum atomic E-state index is -5.08. The molecule has 0 amide bonds. The van der Waals surface area contributed by atoms with Crippen LogP contribution in [0.15, 0.2) is 58.9 Å². The lowest BCUT2D eigenvalue weighted by Crippen LogP contribution is -2.15. The van der Waals surface area contributed by atoms with Crippen LogP contribution in [0.3, 0.4) is 0 Å². The van der Waals surface area contributed by atoms with Crippen LogP contribution >= 0.6 is 11.3 Å². The fourth-order valence-corrected chi connectivity index (χ4v) is 7.78. The van der Waals surface area contributed by atoms with Gasteiger partial charge in [0, 0.05) is 17.0 Å². The lowest BCUT2D eigenvalue weighted by Gasteiger charge is -2.22. The zero-order valence-electron chi connectivity index (χ0n) is 28.1. The van der Waals surface area contributed by atoms with Gasteiger partial charge in [-0.05, 0) is 65.5 Å². The molecular formula is C35H35F7N2O5S2. The summed E-state index contributed by atoms with van der Waals surface area (Å²) in [7, 11) is -3.61. The summed E-state index contributed by atoms with van der Waals surface area (Å²) in [4.78, 5) is 15.1. The molecule has 1 aromatic heterocycles. The quantitative estimate of drug-likeness (QED) is 0.139. The summed E-state index contributed by atoms with van der Waals surface area (Å²) in [6.45, 7) is 8.10. The number of halogens is 7. The number of methoxy groups -OCH3 is 1. The van der Waals surface area contributed by atoms with Crippen LogP contribution in [0, 0.1) is 11.2 Å². The van der Waals surface area contributed by atoms with Crippen molar-refractivity contribution >= 4 is 33.0 Å². The predicted octanol–water partition coefficient (Wildman–Crippen LogP) is 10.9. The van der Waals surface area contributed by atoms with E-state index in [0.717, 1.165) is 49.6 Å². The Hall–Kier alpha value is -4.18. The third kappa shape index (κ3) is 9.39. The van der Waals surface area contributed by atoms with E-state index in [9.17, 15) is 43.9 Å². The lowest BCUT2D eigenvalue weighted by atomic mass is 9.84. The molecule has 0 unspecified atom stereocenters. The number of anilines is 1. The Kier molecular flexibility index (Phi) is 11.5. The summed E-state index contributed by atoms with van der Waals surface area (Å²) in [5, 5.41) is 8.87. The van der Waals surface area contributed by atoms with Gasteiger partial charge in [0.25, 0.3) is 10.0 Å². The fourth-order valence-electron chi connectivity index (χ4n) is 5.59. The maximum absolute atomic E-state index is 14.5. The van der Waals surface area contributed by atoms with Crippen LogP contribution < -0.4 is 9.46 Å². The molecule has 0 spiro atoms. The summed E-state index contributed by atoms with van der Waals surface area (Å²) in [5.74, 6) is -3.47. The molecule has 0 saturated carbocycles. The SMILES string of the molecule is CC[C@H](CCCC(C)(C)C)c1ccc(-c2ccc(-c3nc(S(=O)(=O)Nc4cc(F)c(C(=O)O)cc4OC)cs3)c(C(F)(F)F)c2)c(C(F)(F)F)c1. The highest BCUT2D eigenvalue weighted by molar-refractivity contribution is 7.92. The monoisotopic (exact) mass is 760 g/mol. The van der Waals surface area contributed by atoms with Crippen molar-refractivity contribution in [1.29, 1.82) is 0 Å². The Morgan fingerprint density at radius 1 is 0.961 bits per heavy atom. The molecule has 1 atom stereocenters. The number of hydrogen-bond donors (Lipinski definition) is 2. The van der Waals surface area contributed by atoms with Gasteiger partial charge in [-0.1, -0.05) is 58.4 Å². The molecular weight excluding hydrogens is 726 g/mol. The van der Waals surface area contributed by atoms with Gasteiger partial charge in [0.15, 0.2) is 5.03 Å². The molecule has 0 aliphatic rings. The minimum Gasteiger partial charge on any atom is -0.495 e. The molecule has 4 aromatic rings. The molecule has 2 N–H and O–H groups in total. The number of carbonyl (C=O) groups is 1. The predicted molar refractivity (Wildman–Crippen MR) is 180 cm³/mol. The molecule has 3 aromatic carbocycles. The van der Waals surface area contributed by atoms with Crippen LogP contribution in [0.2, 0.25) is 0 Å². The van der Waals surface area contributed by atoms with Crippen molar-refractivity contribution in [3.8, 4) is 27.4 Å². The average Bonchev–Trinajstić information content (AvgIpc) is 3.53. The minimum absolute atomic E-state index is 0.0551. The van der Waals surface area contributed by atoms with E-state index < -0.39 is 77.7 Å². The summed E-state index contributed by atoms with van der Waals surface area (Å²) in [6, 6.07) is 7.59. The maximum atomic E-state index is 14.5. The van der Waals surface area contributed by atoms with Crippen molar-refractivity contribution in [3.63, 3.8) is 0 Å². The standard InChI is InChI=1S/C35H35F7N2O5S2/c1-6-19(8-7-13-33(2,3)4)20-9-11-22(25(14-20)34(37,38)39)21-10-12-23(26(15-21)35(40,41)42)31-43-30(18-50-31)51(47,48)44-28-17-27(36)24(32(45)46)16-29(28)49-5/h9-12,14-19,44H,6-8,13H2,1-5H3,(H,45,46)/t19-/m1/s1. The molecule has 276 valence electrons. The van der Waals surface area contributed by atoms with Gasteiger partial charge in [-0.25, -0.2) is 14.2 Å². The lowest BCUT2D eigenvalue weighted by molar-refractivity contribution is -0.137. The number of carboxylic acid groups (broad SMARTS) is 1. The summed E-state index contributed by atoms with van der Waals surface area (Å²) < 4.78 is 134. The molecule has 16 heteroatoms. The van der Waals surface area contributed by atoms with Gasteiger partial charge in [0.2, 0.25) is 0 Å². The fraction of sp³-hybridized carbons (Fsp3) is 0.371. The van der Waals surface area contributed by atoms with Crippen molar-refractivity contribution in [2.45, 2.75) is 76.7 Å². The number of ether oxygens (including phenoxy) is 1. The average molecular weight is 761 g/mol. The first kappa shape index (κ1) is 39.6. The van der Waals surface area contributed by atoms with Crippen molar-refractivity contribution in [1.82, 2.24) is 4.98 Å². The van der Waals surface area contributed by atoms with Crippen LogP contribution in [-0.2, 0) is 22.4 Å². The van der Waals surface area contributed by atoms with Crippen molar-refractivity contribution in [3.05, 3.63) is 82.0 Å². The van der Waals surface area contributed by atoms with E-state index >= 15 is 0 Å². The molecule has 4 rings (SSSR count). The van der Waals surface area contributed by atoms with E-state index in [2.05, 4.69) is 25.8 Å². The van der Waals surface area contributed by atoms with Crippen LogP contribution in [0.25, 0.3) is 21.7 Å². The number of thiazole rings is 1. The maximum Gasteiger partial charge on any atom is 0.417 e. The highest BCUT2D eigenvalue weighted by atomic mass is 32.2. The number of sulfonamides is 1. The second-order valence-electron chi connectivity index (χ2n) is 13.1. The van der Waals surface area contributed by atoms with Crippen LogP contribution in [-0.4, -0.2) is 31.6 Å². The number of nitrogens with one attached hydrogen (secondary N) is 1. The number of carboxylic acids is 1. The molecule has 0 radical (unpaired) electrons. The summed E-state index contributed by atoms with van der Waals surface area (Å²) in [5.41, 5.74) is -4.61. The highest BCUT2D eigenvalue weighted by Gasteiger charge is 2.38. The largest absolute Gasteiger partial charge is 0.495 e. The number of alkyl halides is 6. The second kappa shape index (κ2) is 14.8. The molecule has 0 saturated heterocycles. The van der Waals surface area contributed by atoms with Crippen LogP contribution in [0.1, 0.15) is 86.3 Å². The van der Waals surface area contributed by atoms with Crippen LogP contribution in [0.5, 0.6) is 5.75 Å². The molecule has 0 aliphatic heterocycles. The van der Waals surface area contributed by atoms with Gasteiger partial charge in [0.05, 0.1) is 29.5 Å². The highest BCUT2D eigenvalue weighted by Crippen LogP contribution is 2.44. The Bertz CT molecular complexity index is 2020. The number of nitrogens with zero attached hydrogens (tertiary/aromatic N) is 1. The van der Waals surface area contributed by atoms with Gasteiger partial charge in [-0.15, -0.1) is 11.3 Å². The third-order valence-corrected chi connectivity index (χ3v) is 10.5. The Labute approximate surface area is 294 Å². The molecule has 7 nitrogen and oxygen atoms in total. The van der Waals surface area contributed by atoms with E-state index in [0.29, 0.717) is 41.9 Å². The number of benzene rings is 3. The number of aromatic carboxylic acids is 1. The molecule has 51 heavy (non-hydrogen) atoms. The van der Waals surface area contributed by atoms with Gasteiger partial charge >= 0.3 is 18.3 Å². The summed E-state index contributed by atoms with van der Waals surface area (Å²) >= 11 is 0.521. The Balaban J connectivity index is 1.72. The number of aromatic nitrogens is 1. The van der Waals surface area contributed by atoms with E-state index in [4.69, 9.17) is 9.84 Å². The molecule has 0 bridgehead atoms. The number of rotatable bonds is 12. The van der Waals surface area contributed by atoms with Crippen molar-refractivity contribution < 1.29 is 53.8 Å². The van der Waals surface area contributed by atoms with E-state index in [1.54, 1.807) is 0 Å². The first-order chi connectivity index (χ1) is 23.6. The van der Waals surface area contributed by atoms with Gasteiger partial charge in [-0.3, -0.25) is 4.72 Å². The van der Waals surface area contributed by atoms with Crippen molar-refractivity contribution in [2.24, 2.45) is 5.41 Å². The second-order valence-corrected chi connectivity index (χ2v) is 15.5. The smallest absolute Gasteiger partial charge is 0.417 e. The normalized spacial score (nSPS) is 13.3. The molecule has 0 aliphatic carbocycles. The van der Waals surface area contributed by atoms with Gasteiger partial charge in [-0.2, -0.15) is 34.8 Å². The molecule has 0 fully saturated rings. The topological polar surface area (TPSA) is 106 Å². The van der Waals surface area contributed by atoms with Crippen LogP contribution in [0.4, 0.5) is 36.4 Å². The molecule has 1 heterocycles.